The number of hydrogen-bond acceptors (Lipinski definition) is 4. The van der Waals surface area contributed by atoms with Crippen molar-refractivity contribution in [3.8, 4) is 17.2 Å². The standard InChI is InChI=1S/C14H19NO3/c1-15-6-4-10(5-7-15)14-12(16)8-11(17-2)9-13(14)18-3/h4,8-9,16H,5-7H2,1-3H3. The van der Waals surface area contributed by atoms with Crippen molar-refractivity contribution >= 4 is 5.57 Å². The van der Waals surface area contributed by atoms with E-state index >= 15 is 0 Å². The number of aromatic hydroxyl groups is 1. The van der Waals surface area contributed by atoms with Crippen molar-refractivity contribution in [3.63, 3.8) is 0 Å². The lowest BCUT2D eigenvalue weighted by Crippen LogP contribution is -2.23. The molecule has 0 bridgehead atoms. The fraction of sp³-hybridized carbons (Fsp3) is 0.429. The lowest BCUT2D eigenvalue weighted by Gasteiger charge is -2.23. The molecule has 1 heterocycles. The Morgan fingerprint density at radius 1 is 1.22 bits per heavy atom. The summed E-state index contributed by atoms with van der Waals surface area (Å²) >= 11 is 0. The summed E-state index contributed by atoms with van der Waals surface area (Å²) in [6.07, 6.45) is 3.04. The van der Waals surface area contributed by atoms with Gasteiger partial charge in [-0.1, -0.05) is 6.08 Å². The van der Waals surface area contributed by atoms with Gasteiger partial charge in [0.1, 0.15) is 17.2 Å². The predicted molar refractivity (Wildman–Crippen MR) is 71.3 cm³/mol. The number of phenolic OH excluding ortho intramolecular Hbond substituents is 1. The molecule has 0 unspecified atom stereocenters. The van der Waals surface area contributed by atoms with Crippen LogP contribution in [0.2, 0.25) is 0 Å². The fourth-order valence-corrected chi connectivity index (χ4v) is 2.18. The van der Waals surface area contributed by atoms with Crippen molar-refractivity contribution in [2.75, 3.05) is 34.4 Å². The summed E-state index contributed by atoms with van der Waals surface area (Å²) in [6, 6.07) is 3.42. The van der Waals surface area contributed by atoms with E-state index in [1.807, 2.05) is 0 Å². The summed E-state index contributed by atoms with van der Waals surface area (Å²) < 4.78 is 10.5. The van der Waals surface area contributed by atoms with Crippen molar-refractivity contribution in [1.82, 2.24) is 4.90 Å². The Bertz CT molecular complexity index is 468. The Morgan fingerprint density at radius 2 is 2.00 bits per heavy atom. The van der Waals surface area contributed by atoms with Crippen molar-refractivity contribution in [3.05, 3.63) is 23.8 Å². The number of hydrogen-bond donors (Lipinski definition) is 1. The van der Waals surface area contributed by atoms with Crippen molar-refractivity contribution in [2.45, 2.75) is 6.42 Å². The second-order valence-corrected chi connectivity index (χ2v) is 4.47. The van der Waals surface area contributed by atoms with Gasteiger partial charge in [-0.3, -0.25) is 0 Å². The molecule has 0 fully saturated rings. The molecular weight excluding hydrogens is 230 g/mol. The zero-order chi connectivity index (χ0) is 13.1. The maximum atomic E-state index is 10.1. The summed E-state index contributed by atoms with van der Waals surface area (Å²) in [5, 5.41) is 10.1. The third-order valence-electron chi connectivity index (χ3n) is 3.24. The van der Waals surface area contributed by atoms with Crippen LogP contribution in [-0.4, -0.2) is 44.4 Å². The molecule has 1 N–H and O–H groups in total. The molecule has 0 saturated carbocycles. The van der Waals surface area contributed by atoms with Gasteiger partial charge in [0.25, 0.3) is 0 Å². The molecule has 98 valence electrons. The number of rotatable bonds is 3. The van der Waals surface area contributed by atoms with Gasteiger partial charge in [-0.2, -0.15) is 0 Å². The summed E-state index contributed by atoms with van der Waals surface area (Å²) in [6.45, 7) is 1.88. The first-order chi connectivity index (χ1) is 8.65. The molecule has 0 spiro atoms. The summed E-state index contributed by atoms with van der Waals surface area (Å²) in [5.74, 6) is 1.46. The maximum Gasteiger partial charge on any atom is 0.133 e. The van der Waals surface area contributed by atoms with Crippen LogP contribution in [0.5, 0.6) is 17.2 Å². The maximum absolute atomic E-state index is 10.1. The molecule has 2 rings (SSSR count). The number of likely N-dealkylation sites (N-methyl/N-ethyl adjacent to an activating group) is 1. The van der Waals surface area contributed by atoms with Gasteiger partial charge in [0, 0.05) is 25.2 Å². The third-order valence-corrected chi connectivity index (χ3v) is 3.24. The second-order valence-electron chi connectivity index (χ2n) is 4.47. The highest BCUT2D eigenvalue weighted by molar-refractivity contribution is 5.77. The zero-order valence-electron chi connectivity index (χ0n) is 11.1. The minimum atomic E-state index is 0.210. The molecule has 0 radical (unpaired) electrons. The number of phenols is 1. The van der Waals surface area contributed by atoms with Crippen LogP contribution in [0.4, 0.5) is 0 Å². The van der Waals surface area contributed by atoms with E-state index in [2.05, 4.69) is 18.0 Å². The summed E-state index contributed by atoms with van der Waals surface area (Å²) in [7, 11) is 5.26. The summed E-state index contributed by atoms with van der Waals surface area (Å²) in [5.41, 5.74) is 1.91. The van der Waals surface area contributed by atoms with Crippen LogP contribution in [0.15, 0.2) is 18.2 Å². The second kappa shape index (κ2) is 5.31. The fourth-order valence-electron chi connectivity index (χ4n) is 2.18. The molecule has 1 aliphatic heterocycles. The highest BCUT2D eigenvalue weighted by atomic mass is 16.5. The van der Waals surface area contributed by atoms with Gasteiger partial charge in [0.15, 0.2) is 0 Å². The van der Waals surface area contributed by atoms with Gasteiger partial charge < -0.3 is 19.5 Å². The van der Waals surface area contributed by atoms with E-state index in [1.165, 1.54) is 0 Å². The minimum absolute atomic E-state index is 0.210. The highest BCUT2D eigenvalue weighted by Crippen LogP contribution is 2.40. The van der Waals surface area contributed by atoms with Crippen LogP contribution in [0.3, 0.4) is 0 Å². The monoisotopic (exact) mass is 249 g/mol. The van der Waals surface area contributed by atoms with Crippen LogP contribution in [0.25, 0.3) is 5.57 Å². The molecule has 0 atom stereocenters. The van der Waals surface area contributed by atoms with Gasteiger partial charge in [0.05, 0.1) is 19.8 Å². The zero-order valence-corrected chi connectivity index (χ0v) is 11.1. The molecule has 4 heteroatoms. The van der Waals surface area contributed by atoms with Crippen molar-refractivity contribution in [2.24, 2.45) is 0 Å². The molecule has 18 heavy (non-hydrogen) atoms. The number of benzene rings is 1. The largest absolute Gasteiger partial charge is 0.507 e. The smallest absolute Gasteiger partial charge is 0.133 e. The molecule has 0 aromatic heterocycles. The van der Waals surface area contributed by atoms with E-state index in [-0.39, 0.29) is 5.75 Å². The molecule has 0 amide bonds. The lowest BCUT2D eigenvalue weighted by atomic mass is 9.97. The number of ether oxygens (including phenoxy) is 2. The van der Waals surface area contributed by atoms with Gasteiger partial charge >= 0.3 is 0 Å². The van der Waals surface area contributed by atoms with Crippen LogP contribution < -0.4 is 9.47 Å². The van der Waals surface area contributed by atoms with E-state index in [0.29, 0.717) is 11.5 Å². The highest BCUT2D eigenvalue weighted by Gasteiger charge is 2.18. The third kappa shape index (κ3) is 2.43. The van der Waals surface area contributed by atoms with Gasteiger partial charge in [-0.25, -0.2) is 0 Å². The topological polar surface area (TPSA) is 41.9 Å². The first-order valence-corrected chi connectivity index (χ1v) is 5.98. The minimum Gasteiger partial charge on any atom is -0.507 e. The number of methoxy groups -OCH3 is 2. The van der Waals surface area contributed by atoms with Gasteiger partial charge in [-0.15, -0.1) is 0 Å². The average molecular weight is 249 g/mol. The number of nitrogens with zero attached hydrogens (tertiary/aromatic N) is 1. The van der Waals surface area contributed by atoms with E-state index in [1.54, 1.807) is 26.4 Å². The molecule has 1 aromatic rings. The van der Waals surface area contributed by atoms with Gasteiger partial charge in [-0.05, 0) is 19.0 Å². The predicted octanol–water partition coefficient (Wildman–Crippen LogP) is 2.13. The first kappa shape index (κ1) is 12.8. The van der Waals surface area contributed by atoms with E-state index < -0.39 is 0 Å². The SMILES string of the molecule is COc1cc(O)c(C2=CCN(C)CC2)c(OC)c1. The van der Waals surface area contributed by atoms with Crippen LogP contribution in [0.1, 0.15) is 12.0 Å². The molecule has 4 nitrogen and oxygen atoms in total. The molecular formula is C14H19NO3. The van der Waals surface area contributed by atoms with Crippen molar-refractivity contribution in [1.29, 1.82) is 0 Å². The average Bonchev–Trinajstić information content (AvgIpc) is 2.39. The Labute approximate surface area is 107 Å². The van der Waals surface area contributed by atoms with E-state index in [0.717, 1.165) is 30.6 Å². The van der Waals surface area contributed by atoms with E-state index in [9.17, 15) is 5.11 Å². The molecule has 0 saturated heterocycles. The quantitative estimate of drug-likeness (QED) is 0.891. The first-order valence-electron chi connectivity index (χ1n) is 5.98. The van der Waals surface area contributed by atoms with Crippen LogP contribution in [-0.2, 0) is 0 Å². The normalized spacial score (nSPS) is 16.3. The summed E-state index contributed by atoms with van der Waals surface area (Å²) in [4.78, 5) is 2.23. The molecule has 0 aliphatic carbocycles. The van der Waals surface area contributed by atoms with Crippen LogP contribution >= 0.6 is 0 Å². The molecule has 1 aliphatic rings. The Kier molecular flexibility index (Phi) is 3.77. The Balaban J connectivity index is 2.43. The Morgan fingerprint density at radius 3 is 2.56 bits per heavy atom. The van der Waals surface area contributed by atoms with E-state index in [4.69, 9.17) is 9.47 Å². The molecule has 1 aromatic carbocycles. The van der Waals surface area contributed by atoms with Crippen LogP contribution in [0, 0.1) is 0 Å². The van der Waals surface area contributed by atoms with Gasteiger partial charge in [0.2, 0.25) is 0 Å². The van der Waals surface area contributed by atoms with Crippen molar-refractivity contribution < 1.29 is 14.6 Å². The lowest BCUT2D eigenvalue weighted by molar-refractivity contribution is 0.366. The Hall–Kier alpha value is -1.68.